The third kappa shape index (κ3) is 3.82. The van der Waals surface area contributed by atoms with Crippen LogP contribution >= 0.6 is 11.3 Å². The van der Waals surface area contributed by atoms with Gasteiger partial charge < -0.3 is 5.32 Å². The molecule has 4 aromatic rings. The summed E-state index contributed by atoms with van der Waals surface area (Å²) in [5.41, 5.74) is 4.34. The van der Waals surface area contributed by atoms with E-state index in [9.17, 15) is 9.59 Å². The Bertz CT molecular complexity index is 1270. The van der Waals surface area contributed by atoms with Crippen LogP contribution < -0.4 is 10.9 Å². The summed E-state index contributed by atoms with van der Waals surface area (Å²) in [5, 5.41) is 8.17. The summed E-state index contributed by atoms with van der Waals surface area (Å²) < 4.78 is 1.94. The molecule has 6 nitrogen and oxygen atoms in total. The molecule has 0 radical (unpaired) electrons. The van der Waals surface area contributed by atoms with Gasteiger partial charge in [0, 0.05) is 11.3 Å². The Labute approximate surface area is 171 Å². The molecule has 0 atom stereocenters. The number of aryl methyl sites for hydroxylation is 3. The minimum atomic E-state index is -0.361. The number of nitrogens with one attached hydrogen (secondary N) is 1. The molecule has 1 N–H and O–H groups in total. The second-order valence-electron chi connectivity index (χ2n) is 6.95. The number of rotatable bonds is 4. The largest absolute Gasteiger partial charge is 0.324 e. The van der Waals surface area contributed by atoms with Crippen LogP contribution in [-0.4, -0.2) is 20.7 Å². The summed E-state index contributed by atoms with van der Waals surface area (Å²) >= 11 is 1.44. The van der Waals surface area contributed by atoms with Gasteiger partial charge in [0.25, 0.3) is 5.56 Å². The predicted octanol–water partition coefficient (Wildman–Crippen LogP) is 4.08. The number of benzene rings is 2. The second kappa shape index (κ2) is 7.60. The minimum Gasteiger partial charge on any atom is -0.324 e. The molecule has 7 heteroatoms. The van der Waals surface area contributed by atoms with Crippen molar-refractivity contribution in [3.8, 4) is 11.3 Å². The maximum Gasteiger partial charge on any atom is 0.294 e. The van der Waals surface area contributed by atoms with Crippen molar-refractivity contribution in [1.29, 1.82) is 0 Å². The van der Waals surface area contributed by atoms with Gasteiger partial charge in [-0.2, -0.15) is 5.10 Å². The van der Waals surface area contributed by atoms with Crippen LogP contribution in [0.5, 0.6) is 0 Å². The average molecular weight is 404 g/mol. The Morgan fingerprint density at radius 1 is 1.07 bits per heavy atom. The van der Waals surface area contributed by atoms with E-state index in [2.05, 4.69) is 15.4 Å². The molecule has 2 aromatic heterocycles. The maximum absolute atomic E-state index is 12.9. The molecule has 0 aliphatic rings. The van der Waals surface area contributed by atoms with Crippen LogP contribution in [0, 0.1) is 20.8 Å². The maximum atomic E-state index is 12.9. The van der Waals surface area contributed by atoms with Crippen LogP contribution in [0.2, 0.25) is 0 Å². The molecule has 0 saturated heterocycles. The molecule has 0 bridgehead atoms. The molecule has 0 aliphatic carbocycles. The molecule has 146 valence electrons. The van der Waals surface area contributed by atoms with Gasteiger partial charge >= 0.3 is 0 Å². The molecular formula is C22H20N4O2S. The summed E-state index contributed by atoms with van der Waals surface area (Å²) in [6, 6.07) is 15.4. The zero-order valence-corrected chi connectivity index (χ0v) is 17.2. The van der Waals surface area contributed by atoms with Gasteiger partial charge in [0.2, 0.25) is 5.91 Å². The first kappa shape index (κ1) is 19.0. The summed E-state index contributed by atoms with van der Waals surface area (Å²) in [5.74, 6) is -0.310. The highest BCUT2D eigenvalue weighted by atomic mass is 32.1. The van der Waals surface area contributed by atoms with Gasteiger partial charge in [-0.25, -0.2) is 9.67 Å². The van der Waals surface area contributed by atoms with E-state index in [1.807, 2.05) is 69.3 Å². The lowest BCUT2D eigenvalue weighted by Crippen LogP contribution is -2.30. The van der Waals surface area contributed by atoms with Crippen molar-refractivity contribution in [3.63, 3.8) is 0 Å². The average Bonchev–Trinajstić information content (AvgIpc) is 3.09. The zero-order chi connectivity index (χ0) is 20.5. The van der Waals surface area contributed by atoms with E-state index in [4.69, 9.17) is 0 Å². The van der Waals surface area contributed by atoms with Crippen molar-refractivity contribution in [1.82, 2.24) is 14.8 Å². The molecule has 29 heavy (non-hydrogen) atoms. The van der Waals surface area contributed by atoms with Crippen molar-refractivity contribution in [2.45, 2.75) is 27.3 Å². The van der Waals surface area contributed by atoms with Gasteiger partial charge in [0.1, 0.15) is 12.2 Å². The van der Waals surface area contributed by atoms with Gasteiger partial charge in [-0.15, -0.1) is 11.3 Å². The highest BCUT2D eigenvalue weighted by Gasteiger charge is 2.18. The van der Waals surface area contributed by atoms with Crippen LogP contribution in [0.15, 0.2) is 53.3 Å². The highest BCUT2D eigenvalue weighted by Crippen LogP contribution is 2.29. The first-order valence-electron chi connectivity index (χ1n) is 9.23. The molecule has 0 fully saturated rings. The number of thiazole rings is 1. The lowest BCUT2D eigenvalue weighted by atomic mass is 10.1. The smallest absolute Gasteiger partial charge is 0.294 e. The van der Waals surface area contributed by atoms with E-state index in [0.29, 0.717) is 11.2 Å². The fourth-order valence-corrected chi connectivity index (χ4v) is 4.03. The van der Waals surface area contributed by atoms with E-state index >= 15 is 0 Å². The van der Waals surface area contributed by atoms with Crippen molar-refractivity contribution in [2.75, 3.05) is 5.32 Å². The topological polar surface area (TPSA) is 76.9 Å². The summed E-state index contributed by atoms with van der Waals surface area (Å²) in [6.07, 6.45) is 0. The Kier molecular flexibility index (Phi) is 4.98. The Morgan fingerprint density at radius 3 is 2.52 bits per heavy atom. The first-order valence-corrected chi connectivity index (χ1v) is 10.0. The van der Waals surface area contributed by atoms with E-state index < -0.39 is 0 Å². The summed E-state index contributed by atoms with van der Waals surface area (Å²) in [4.78, 5) is 29.9. The molecule has 4 rings (SSSR count). The normalized spacial score (nSPS) is 11.0. The molecule has 2 heterocycles. The van der Waals surface area contributed by atoms with Crippen molar-refractivity contribution in [3.05, 3.63) is 75.0 Å². The number of hydrogen-bond acceptors (Lipinski definition) is 5. The molecule has 2 aromatic carbocycles. The first-order chi connectivity index (χ1) is 13.9. The fourth-order valence-electron chi connectivity index (χ4n) is 3.11. The van der Waals surface area contributed by atoms with Crippen LogP contribution in [0.3, 0.4) is 0 Å². The molecule has 0 spiro atoms. The van der Waals surface area contributed by atoms with Crippen LogP contribution in [-0.2, 0) is 11.3 Å². The Hall–Kier alpha value is -3.32. The monoisotopic (exact) mass is 404 g/mol. The van der Waals surface area contributed by atoms with E-state index in [1.54, 1.807) is 0 Å². The number of carbonyl (C=O) groups excluding carboxylic acids is 1. The van der Waals surface area contributed by atoms with Gasteiger partial charge in [0.15, 0.2) is 5.52 Å². The number of fused-ring (bicyclic) bond motifs is 1. The van der Waals surface area contributed by atoms with Crippen molar-refractivity contribution < 1.29 is 4.79 Å². The minimum absolute atomic E-state index is 0.182. The highest BCUT2D eigenvalue weighted by molar-refractivity contribution is 7.19. The summed E-state index contributed by atoms with van der Waals surface area (Å²) in [7, 11) is 0. The predicted molar refractivity (Wildman–Crippen MR) is 116 cm³/mol. The van der Waals surface area contributed by atoms with Crippen LogP contribution in [0.25, 0.3) is 21.5 Å². The van der Waals surface area contributed by atoms with Gasteiger partial charge in [-0.3, -0.25) is 9.59 Å². The van der Waals surface area contributed by atoms with Crippen LogP contribution in [0.4, 0.5) is 5.69 Å². The number of para-hydroxylation sites is 1. The van der Waals surface area contributed by atoms with E-state index in [0.717, 1.165) is 32.1 Å². The molecule has 0 aliphatic heterocycles. The lowest BCUT2D eigenvalue weighted by molar-refractivity contribution is -0.117. The SMILES string of the molecule is Cc1ccc(-c2nn(CC(=O)Nc3ccccc3C)c(=O)c3nc(C)sc23)cc1. The van der Waals surface area contributed by atoms with Gasteiger partial charge in [-0.05, 0) is 32.4 Å². The van der Waals surface area contributed by atoms with E-state index in [1.165, 1.54) is 16.0 Å². The number of aromatic nitrogens is 3. The van der Waals surface area contributed by atoms with Crippen molar-refractivity contribution >= 4 is 33.1 Å². The summed E-state index contributed by atoms with van der Waals surface area (Å²) in [6.45, 7) is 5.61. The molecule has 0 saturated carbocycles. The third-order valence-corrected chi connectivity index (χ3v) is 5.62. The number of nitrogens with zero attached hydrogens (tertiary/aromatic N) is 3. The van der Waals surface area contributed by atoms with Gasteiger partial charge in [0.05, 0.1) is 9.71 Å². The number of hydrogen-bond donors (Lipinski definition) is 1. The molecular weight excluding hydrogens is 384 g/mol. The van der Waals surface area contributed by atoms with Crippen LogP contribution in [0.1, 0.15) is 16.1 Å². The quantitative estimate of drug-likeness (QED) is 0.556. The third-order valence-electron chi connectivity index (χ3n) is 4.64. The number of anilines is 1. The molecule has 0 unspecified atom stereocenters. The van der Waals surface area contributed by atoms with Gasteiger partial charge in [-0.1, -0.05) is 48.0 Å². The number of amides is 1. The number of carbonyl (C=O) groups is 1. The molecule has 1 amide bonds. The Balaban J connectivity index is 1.75. The fraction of sp³-hybridized carbons (Fsp3) is 0.182. The van der Waals surface area contributed by atoms with Crippen molar-refractivity contribution in [2.24, 2.45) is 0 Å². The Morgan fingerprint density at radius 2 is 1.79 bits per heavy atom. The standard InChI is InChI=1S/C22H20N4O2S/c1-13-8-10-16(11-9-13)19-21-20(23-15(3)29-21)22(28)26(25-19)12-18(27)24-17-7-5-4-6-14(17)2/h4-11H,12H2,1-3H3,(H,24,27). The van der Waals surface area contributed by atoms with E-state index in [-0.39, 0.29) is 18.0 Å². The lowest BCUT2D eigenvalue weighted by Gasteiger charge is -2.11. The second-order valence-corrected chi connectivity index (χ2v) is 8.15. The zero-order valence-electron chi connectivity index (χ0n) is 16.4.